The molecule has 3 N–H and O–H groups in total. The Bertz CT molecular complexity index is 475. The van der Waals surface area contributed by atoms with Gasteiger partial charge in [-0.05, 0) is 49.4 Å². The lowest BCUT2D eigenvalue weighted by Gasteiger charge is -2.09. The van der Waals surface area contributed by atoms with Crippen LogP contribution in [0.3, 0.4) is 0 Å². The van der Waals surface area contributed by atoms with Gasteiger partial charge in [0.25, 0.3) is 0 Å². The third-order valence-electron chi connectivity index (χ3n) is 2.63. The van der Waals surface area contributed by atoms with Crippen LogP contribution in [0.5, 0.6) is 0 Å². The lowest BCUT2D eigenvalue weighted by atomic mass is 10.1. The molecule has 1 aromatic carbocycles. The molecule has 5 heteroatoms. The molecule has 0 aromatic heterocycles. The van der Waals surface area contributed by atoms with Crippen LogP contribution < -0.4 is 10.5 Å². The lowest BCUT2D eigenvalue weighted by molar-refractivity contribution is 0.540. The van der Waals surface area contributed by atoms with Crippen molar-refractivity contribution in [3.8, 4) is 0 Å². The summed E-state index contributed by atoms with van der Waals surface area (Å²) in [4.78, 5) is 0.240. The SMILES string of the molecule is Cc1cc(N)cc(S(=O)(=O)NCCCC(C)C)c1. The Morgan fingerprint density at radius 1 is 1.28 bits per heavy atom. The summed E-state index contributed by atoms with van der Waals surface area (Å²) in [7, 11) is -3.43. The third kappa shape index (κ3) is 4.66. The maximum absolute atomic E-state index is 12.0. The Kier molecular flexibility index (Phi) is 5.16. The summed E-state index contributed by atoms with van der Waals surface area (Å²) >= 11 is 0. The second-order valence-corrected chi connectivity index (χ2v) is 6.78. The summed E-state index contributed by atoms with van der Waals surface area (Å²) in [6.45, 7) is 6.54. The smallest absolute Gasteiger partial charge is 0.240 e. The molecule has 0 aliphatic heterocycles. The van der Waals surface area contributed by atoms with Gasteiger partial charge in [0.15, 0.2) is 0 Å². The number of nitrogens with two attached hydrogens (primary N) is 1. The van der Waals surface area contributed by atoms with E-state index in [2.05, 4.69) is 18.6 Å². The first-order valence-corrected chi connectivity index (χ1v) is 7.66. The van der Waals surface area contributed by atoms with E-state index in [4.69, 9.17) is 5.73 Å². The van der Waals surface area contributed by atoms with E-state index in [1.165, 1.54) is 6.07 Å². The topological polar surface area (TPSA) is 72.2 Å². The van der Waals surface area contributed by atoms with Gasteiger partial charge in [0.05, 0.1) is 4.90 Å². The molecule has 0 aliphatic rings. The molecule has 0 saturated heterocycles. The van der Waals surface area contributed by atoms with Crippen molar-refractivity contribution in [2.24, 2.45) is 5.92 Å². The Hall–Kier alpha value is -1.07. The van der Waals surface area contributed by atoms with Crippen molar-refractivity contribution < 1.29 is 8.42 Å². The molecule has 0 fully saturated rings. The average Bonchev–Trinajstić information content (AvgIpc) is 2.23. The first-order chi connectivity index (χ1) is 8.31. The van der Waals surface area contributed by atoms with Crippen molar-refractivity contribution >= 4 is 15.7 Å². The number of anilines is 1. The van der Waals surface area contributed by atoms with Gasteiger partial charge in [0, 0.05) is 12.2 Å². The number of rotatable bonds is 6. The fraction of sp³-hybridized carbons (Fsp3) is 0.538. The molecule has 1 aromatic rings. The van der Waals surface area contributed by atoms with Gasteiger partial charge in [-0.15, -0.1) is 0 Å². The molecule has 0 atom stereocenters. The van der Waals surface area contributed by atoms with Gasteiger partial charge < -0.3 is 5.73 Å². The van der Waals surface area contributed by atoms with E-state index < -0.39 is 10.0 Å². The van der Waals surface area contributed by atoms with Gasteiger partial charge >= 0.3 is 0 Å². The quantitative estimate of drug-likeness (QED) is 0.615. The van der Waals surface area contributed by atoms with Crippen LogP contribution in [0.1, 0.15) is 32.3 Å². The van der Waals surface area contributed by atoms with Crippen molar-refractivity contribution in [3.05, 3.63) is 23.8 Å². The highest BCUT2D eigenvalue weighted by Gasteiger charge is 2.14. The Balaban J connectivity index is 2.68. The Labute approximate surface area is 110 Å². The van der Waals surface area contributed by atoms with Crippen molar-refractivity contribution in [1.29, 1.82) is 0 Å². The fourth-order valence-corrected chi connectivity index (χ4v) is 2.94. The monoisotopic (exact) mass is 270 g/mol. The molecule has 0 spiro atoms. The maximum Gasteiger partial charge on any atom is 0.240 e. The molecule has 102 valence electrons. The first kappa shape index (κ1) is 15.0. The molecule has 0 unspecified atom stereocenters. The van der Waals surface area contributed by atoms with E-state index in [0.717, 1.165) is 18.4 Å². The standard InChI is InChI=1S/C13H22N2O2S/c1-10(2)5-4-6-15-18(16,17)13-8-11(3)7-12(14)9-13/h7-10,15H,4-6,14H2,1-3H3. The molecule has 4 nitrogen and oxygen atoms in total. The number of sulfonamides is 1. The molecule has 0 aliphatic carbocycles. The van der Waals surface area contributed by atoms with E-state index >= 15 is 0 Å². The van der Waals surface area contributed by atoms with E-state index in [9.17, 15) is 8.42 Å². The van der Waals surface area contributed by atoms with Gasteiger partial charge in [0.2, 0.25) is 10.0 Å². The molecule has 0 saturated carbocycles. The summed E-state index contributed by atoms with van der Waals surface area (Å²) in [6.07, 6.45) is 1.86. The minimum Gasteiger partial charge on any atom is -0.399 e. The van der Waals surface area contributed by atoms with Crippen LogP contribution in [-0.4, -0.2) is 15.0 Å². The van der Waals surface area contributed by atoms with Crippen LogP contribution >= 0.6 is 0 Å². The highest BCUT2D eigenvalue weighted by atomic mass is 32.2. The predicted octanol–water partition coefficient (Wildman–Crippen LogP) is 2.29. The van der Waals surface area contributed by atoms with Gasteiger partial charge in [0.1, 0.15) is 0 Å². The molecule has 1 rings (SSSR count). The number of hydrogen-bond donors (Lipinski definition) is 2. The van der Waals surface area contributed by atoms with Gasteiger partial charge in [-0.3, -0.25) is 0 Å². The van der Waals surface area contributed by atoms with Crippen molar-refractivity contribution in [2.45, 2.75) is 38.5 Å². The van der Waals surface area contributed by atoms with Gasteiger partial charge in [-0.25, -0.2) is 13.1 Å². The largest absolute Gasteiger partial charge is 0.399 e. The zero-order chi connectivity index (χ0) is 13.8. The van der Waals surface area contributed by atoms with E-state index in [1.807, 2.05) is 6.92 Å². The molecule has 0 heterocycles. The average molecular weight is 270 g/mol. The molecular weight excluding hydrogens is 248 g/mol. The van der Waals surface area contributed by atoms with Crippen LogP contribution in [0, 0.1) is 12.8 Å². The molecule has 0 radical (unpaired) electrons. The second-order valence-electron chi connectivity index (χ2n) is 5.01. The van der Waals surface area contributed by atoms with Crippen molar-refractivity contribution in [1.82, 2.24) is 4.72 Å². The van der Waals surface area contributed by atoms with Crippen molar-refractivity contribution in [3.63, 3.8) is 0 Å². The van der Waals surface area contributed by atoms with Crippen molar-refractivity contribution in [2.75, 3.05) is 12.3 Å². The number of aryl methyl sites for hydroxylation is 1. The highest BCUT2D eigenvalue weighted by Crippen LogP contribution is 2.16. The minimum atomic E-state index is -3.43. The van der Waals surface area contributed by atoms with Crippen LogP contribution in [0.4, 0.5) is 5.69 Å². The number of hydrogen-bond acceptors (Lipinski definition) is 3. The third-order valence-corrected chi connectivity index (χ3v) is 4.07. The van der Waals surface area contributed by atoms with E-state index in [-0.39, 0.29) is 4.90 Å². The zero-order valence-corrected chi connectivity index (χ0v) is 12.0. The normalized spacial score (nSPS) is 12.0. The predicted molar refractivity (Wildman–Crippen MR) is 74.9 cm³/mol. The van der Waals surface area contributed by atoms with Gasteiger partial charge in [-0.1, -0.05) is 13.8 Å². The van der Waals surface area contributed by atoms with Crippen LogP contribution in [-0.2, 0) is 10.0 Å². The molecule has 0 amide bonds. The first-order valence-electron chi connectivity index (χ1n) is 6.18. The number of nitrogen functional groups attached to an aromatic ring is 1. The minimum absolute atomic E-state index is 0.240. The Morgan fingerprint density at radius 2 is 1.94 bits per heavy atom. The maximum atomic E-state index is 12.0. The van der Waals surface area contributed by atoms with E-state index in [1.54, 1.807) is 12.1 Å². The summed E-state index contributed by atoms with van der Waals surface area (Å²) in [6, 6.07) is 4.86. The fourth-order valence-electron chi connectivity index (χ4n) is 1.73. The summed E-state index contributed by atoms with van der Waals surface area (Å²) in [5, 5.41) is 0. The van der Waals surface area contributed by atoms with Gasteiger partial charge in [-0.2, -0.15) is 0 Å². The van der Waals surface area contributed by atoms with Crippen LogP contribution in [0.25, 0.3) is 0 Å². The van der Waals surface area contributed by atoms with Crippen LogP contribution in [0.15, 0.2) is 23.1 Å². The summed E-state index contributed by atoms with van der Waals surface area (Å²) in [5.41, 5.74) is 6.97. The second kappa shape index (κ2) is 6.20. The van der Waals surface area contributed by atoms with E-state index in [0.29, 0.717) is 18.2 Å². The molecular formula is C13H22N2O2S. The van der Waals surface area contributed by atoms with Crippen LogP contribution in [0.2, 0.25) is 0 Å². The summed E-state index contributed by atoms with van der Waals surface area (Å²) in [5.74, 6) is 0.587. The number of benzene rings is 1. The molecule has 18 heavy (non-hydrogen) atoms. The summed E-state index contributed by atoms with van der Waals surface area (Å²) < 4.78 is 26.6. The highest BCUT2D eigenvalue weighted by molar-refractivity contribution is 7.89. The lowest BCUT2D eigenvalue weighted by Crippen LogP contribution is -2.25. The zero-order valence-electron chi connectivity index (χ0n) is 11.2. The Morgan fingerprint density at radius 3 is 2.50 bits per heavy atom. The molecule has 0 bridgehead atoms. The number of nitrogens with one attached hydrogen (secondary N) is 1.